The van der Waals surface area contributed by atoms with Gasteiger partial charge in [0.2, 0.25) is 10.0 Å². The first-order chi connectivity index (χ1) is 17.2. The summed E-state index contributed by atoms with van der Waals surface area (Å²) in [6, 6.07) is 3.73. The van der Waals surface area contributed by atoms with Crippen LogP contribution in [0.15, 0.2) is 42.5 Å². The zero-order chi connectivity index (χ0) is 25.8. The number of anilines is 1. The van der Waals surface area contributed by atoms with Crippen molar-refractivity contribution in [1.29, 1.82) is 0 Å². The lowest BCUT2D eigenvalue weighted by Gasteiger charge is -2.47. The molecule has 0 saturated carbocycles. The van der Waals surface area contributed by atoms with Crippen molar-refractivity contribution in [3.8, 4) is 0 Å². The third-order valence-electron chi connectivity index (χ3n) is 7.08. The van der Waals surface area contributed by atoms with Crippen molar-refractivity contribution in [3.63, 3.8) is 0 Å². The summed E-state index contributed by atoms with van der Waals surface area (Å²) in [6.45, 7) is 0.951. The number of allylic oxidation sites excluding steroid dienone is 3. The minimum atomic E-state index is -4.46. The SMILES string of the molecule is O=S(=O)(CCCNCCO)NC[C@H]1CC[C@@H]2[C@H](O1)c1cc(C(F)(F)F)ccc1N[C@H]2C1C=CC=CC1. The number of fused-ring (bicyclic) bond motifs is 3. The Morgan fingerprint density at radius 1 is 1.17 bits per heavy atom. The van der Waals surface area contributed by atoms with Crippen LogP contribution in [0.5, 0.6) is 0 Å². The minimum absolute atomic E-state index is 0.00417. The van der Waals surface area contributed by atoms with Gasteiger partial charge in [-0.15, -0.1) is 0 Å². The van der Waals surface area contributed by atoms with Crippen LogP contribution in [0.25, 0.3) is 0 Å². The van der Waals surface area contributed by atoms with E-state index in [-0.39, 0.29) is 36.8 Å². The highest BCUT2D eigenvalue weighted by molar-refractivity contribution is 7.89. The van der Waals surface area contributed by atoms with Crippen LogP contribution in [0, 0.1) is 11.8 Å². The lowest BCUT2D eigenvalue weighted by molar-refractivity contribution is -0.138. The molecule has 2 heterocycles. The second-order valence-corrected chi connectivity index (χ2v) is 11.5. The molecule has 1 fully saturated rings. The molecule has 0 radical (unpaired) electrons. The highest BCUT2D eigenvalue weighted by Crippen LogP contribution is 2.49. The number of halogens is 3. The number of rotatable bonds is 10. The Morgan fingerprint density at radius 3 is 2.72 bits per heavy atom. The second kappa shape index (κ2) is 11.6. The minimum Gasteiger partial charge on any atom is -0.395 e. The van der Waals surface area contributed by atoms with E-state index in [0.717, 1.165) is 12.5 Å². The maximum Gasteiger partial charge on any atom is 0.416 e. The maximum atomic E-state index is 13.5. The Labute approximate surface area is 210 Å². The number of aliphatic hydroxyl groups is 1. The third kappa shape index (κ3) is 6.69. The first-order valence-electron chi connectivity index (χ1n) is 12.4. The monoisotopic (exact) mass is 529 g/mol. The first kappa shape index (κ1) is 27.1. The van der Waals surface area contributed by atoms with Crippen LogP contribution in [-0.2, 0) is 20.9 Å². The molecule has 200 valence electrons. The van der Waals surface area contributed by atoms with Gasteiger partial charge in [-0.1, -0.05) is 24.3 Å². The number of hydrogen-bond donors (Lipinski definition) is 4. The van der Waals surface area contributed by atoms with Gasteiger partial charge in [0, 0.05) is 42.2 Å². The molecule has 36 heavy (non-hydrogen) atoms. The predicted octanol–water partition coefficient (Wildman–Crippen LogP) is 3.36. The Morgan fingerprint density at radius 2 is 2.00 bits per heavy atom. The third-order valence-corrected chi connectivity index (χ3v) is 8.51. The summed E-state index contributed by atoms with van der Waals surface area (Å²) < 4.78 is 74.2. The van der Waals surface area contributed by atoms with Crippen LogP contribution >= 0.6 is 0 Å². The smallest absolute Gasteiger partial charge is 0.395 e. The summed E-state index contributed by atoms with van der Waals surface area (Å²) >= 11 is 0. The molecule has 4 rings (SSSR count). The molecule has 0 amide bonds. The van der Waals surface area contributed by atoms with Gasteiger partial charge in [0.25, 0.3) is 0 Å². The van der Waals surface area contributed by atoms with Gasteiger partial charge in [0.15, 0.2) is 0 Å². The average Bonchev–Trinajstić information content (AvgIpc) is 2.86. The Kier molecular flexibility index (Phi) is 8.77. The second-order valence-electron chi connectivity index (χ2n) is 9.60. The van der Waals surface area contributed by atoms with Crippen molar-refractivity contribution in [3.05, 3.63) is 53.6 Å². The molecule has 0 spiro atoms. The van der Waals surface area contributed by atoms with E-state index in [4.69, 9.17) is 9.84 Å². The summed E-state index contributed by atoms with van der Waals surface area (Å²) in [4.78, 5) is 0. The highest BCUT2D eigenvalue weighted by atomic mass is 32.2. The topological polar surface area (TPSA) is 99.7 Å². The maximum absolute atomic E-state index is 13.5. The van der Waals surface area contributed by atoms with Crippen molar-refractivity contribution in [2.75, 3.05) is 37.3 Å². The molecule has 0 bridgehead atoms. The fraction of sp³-hybridized carbons (Fsp3) is 0.600. The van der Waals surface area contributed by atoms with Gasteiger partial charge in [-0.25, -0.2) is 13.1 Å². The molecule has 1 aromatic rings. The molecular formula is C25H34F3N3O4S. The molecule has 0 aromatic heterocycles. The number of ether oxygens (including phenoxy) is 1. The van der Waals surface area contributed by atoms with Crippen LogP contribution in [0.2, 0.25) is 0 Å². The van der Waals surface area contributed by atoms with Gasteiger partial charge >= 0.3 is 6.18 Å². The summed E-state index contributed by atoms with van der Waals surface area (Å²) in [5, 5.41) is 15.2. The number of nitrogens with one attached hydrogen (secondary N) is 3. The lowest BCUT2D eigenvalue weighted by Crippen LogP contribution is -2.48. The Bertz CT molecular complexity index is 1060. The van der Waals surface area contributed by atoms with Gasteiger partial charge in [-0.3, -0.25) is 0 Å². The Balaban J connectivity index is 1.47. The zero-order valence-electron chi connectivity index (χ0n) is 20.0. The van der Waals surface area contributed by atoms with Crippen LogP contribution in [0.3, 0.4) is 0 Å². The van der Waals surface area contributed by atoms with Crippen molar-refractivity contribution < 1.29 is 31.4 Å². The highest BCUT2D eigenvalue weighted by Gasteiger charge is 2.45. The van der Waals surface area contributed by atoms with Gasteiger partial charge in [-0.05, 0) is 50.4 Å². The first-order valence-corrected chi connectivity index (χ1v) is 14.1. The molecule has 11 heteroatoms. The molecule has 3 aliphatic rings. The number of hydrogen-bond acceptors (Lipinski definition) is 6. The summed E-state index contributed by atoms with van der Waals surface area (Å²) in [7, 11) is -3.52. The molecule has 1 saturated heterocycles. The molecule has 2 aliphatic heterocycles. The Hall–Kier alpha value is -1.92. The molecule has 4 N–H and O–H groups in total. The van der Waals surface area contributed by atoms with Gasteiger partial charge in [-0.2, -0.15) is 13.2 Å². The van der Waals surface area contributed by atoms with Gasteiger partial charge in [0.05, 0.1) is 30.1 Å². The standard InChI is InChI=1S/C25H34F3N3O4S/c26-25(27,28)18-7-10-22-21(15-18)24-20(23(31-22)17-5-2-1-3-6-17)9-8-19(35-24)16-30-36(33,34)14-4-11-29-12-13-32/h1-3,5,7,10,15,17,19-20,23-24,29-32H,4,6,8-9,11-14,16H2/t17?,19-,20+,23+,24+/m1/s1. The van der Waals surface area contributed by atoms with E-state index in [1.165, 1.54) is 12.1 Å². The lowest BCUT2D eigenvalue weighted by atomic mass is 9.73. The summed E-state index contributed by atoms with van der Waals surface area (Å²) in [5.74, 6) is 0.0961. The van der Waals surface area contributed by atoms with Crippen molar-refractivity contribution >= 4 is 15.7 Å². The number of alkyl halides is 3. The van der Waals surface area contributed by atoms with E-state index >= 15 is 0 Å². The van der Waals surface area contributed by atoms with Crippen LogP contribution in [0.1, 0.15) is 42.9 Å². The van der Waals surface area contributed by atoms with Gasteiger partial charge in [0.1, 0.15) is 0 Å². The van der Waals surface area contributed by atoms with Crippen LogP contribution < -0.4 is 15.4 Å². The van der Waals surface area contributed by atoms with Crippen molar-refractivity contribution in [2.24, 2.45) is 11.8 Å². The van der Waals surface area contributed by atoms with Crippen LogP contribution in [0.4, 0.5) is 18.9 Å². The van der Waals surface area contributed by atoms with Crippen LogP contribution in [-0.4, -0.2) is 57.7 Å². The van der Waals surface area contributed by atoms with E-state index in [9.17, 15) is 21.6 Å². The fourth-order valence-corrected chi connectivity index (χ4v) is 6.40. The number of sulfonamides is 1. The normalized spacial score (nSPS) is 27.8. The van der Waals surface area contributed by atoms with E-state index in [2.05, 4.69) is 27.5 Å². The van der Waals surface area contributed by atoms with Crippen molar-refractivity contribution in [2.45, 2.75) is 50.1 Å². The fourth-order valence-electron chi connectivity index (χ4n) is 5.29. The predicted molar refractivity (Wildman–Crippen MR) is 132 cm³/mol. The van der Waals surface area contributed by atoms with Crippen molar-refractivity contribution in [1.82, 2.24) is 10.0 Å². The van der Waals surface area contributed by atoms with E-state index < -0.39 is 34.0 Å². The number of benzene rings is 1. The molecule has 1 unspecified atom stereocenters. The zero-order valence-corrected chi connectivity index (χ0v) is 20.8. The quantitative estimate of drug-likeness (QED) is 0.347. The molecule has 1 aliphatic carbocycles. The molecule has 7 nitrogen and oxygen atoms in total. The van der Waals surface area contributed by atoms with E-state index in [1.807, 2.05) is 12.2 Å². The molecular weight excluding hydrogens is 495 g/mol. The molecule has 1 aromatic carbocycles. The average molecular weight is 530 g/mol. The van der Waals surface area contributed by atoms with E-state index in [0.29, 0.717) is 43.6 Å². The summed E-state index contributed by atoms with van der Waals surface area (Å²) in [5.41, 5.74) is 0.389. The van der Waals surface area contributed by atoms with Gasteiger partial charge < -0.3 is 20.5 Å². The summed E-state index contributed by atoms with van der Waals surface area (Å²) in [6.07, 6.45) is 5.30. The molecule has 5 atom stereocenters. The number of aliphatic hydroxyl groups excluding tert-OH is 1. The largest absolute Gasteiger partial charge is 0.416 e. The van der Waals surface area contributed by atoms with E-state index in [1.54, 1.807) is 0 Å².